The second kappa shape index (κ2) is 5.77. The van der Waals surface area contributed by atoms with Crippen LogP contribution in [0.25, 0.3) is 11.1 Å². The third-order valence-corrected chi connectivity index (χ3v) is 3.41. The van der Waals surface area contributed by atoms with Crippen LogP contribution in [-0.2, 0) is 4.74 Å². The van der Waals surface area contributed by atoms with Crippen LogP contribution < -0.4 is 10.5 Å². The van der Waals surface area contributed by atoms with Crippen LogP contribution in [0, 0.1) is 11.3 Å². The molecule has 0 aliphatic carbocycles. The van der Waals surface area contributed by atoms with E-state index in [2.05, 4.69) is 16.0 Å². The van der Waals surface area contributed by atoms with E-state index in [1.807, 2.05) is 4.90 Å². The molecule has 1 aliphatic heterocycles. The Hall–Kier alpha value is -2.65. The van der Waals surface area contributed by atoms with Gasteiger partial charge in [-0.25, -0.2) is 4.98 Å². The Morgan fingerprint density at radius 2 is 2.10 bits per heavy atom. The fourth-order valence-electron chi connectivity index (χ4n) is 2.35. The lowest BCUT2D eigenvalue weighted by Crippen LogP contribution is -2.37. The van der Waals surface area contributed by atoms with Gasteiger partial charge in [0.25, 0.3) is 0 Å². The van der Waals surface area contributed by atoms with E-state index in [9.17, 15) is 10.1 Å². The molecule has 0 radical (unpaired) electrons. The van der Waals surface area contributed by atoms with Gasteiger partial charge in [0.1, 0.15) is 11.9 Å². The number of ether oxygens (including phenoxy) is 1. The van der Waals surface area contributed by atoms with Crippen LogP contribution >= 0.6 is 0 Å². The Kier molecular flexibility index (Phi) is 3.67. The van der Waals surface area contributed by atoms with Crippen LogP contribution in [0.2, 0.25) is 0 Å². The summed E-state index contributed by atoms with van der Waals surface area (Å²) in [6.45, 7) is 2.74. The molecule has 2 aromatic heterocycles. The minimum absolute atomic E-state index is 0.178. The SMILES string of the molecule is N#Cc1cc(-c2cc[nH]c(=O)c2)cnc1N1CCOCC1. The predicted molar refractivity (Wildman–Crippen MR) is 78.0 cm³/mol. The molecule has 1 N–H and O–H groups in total. The molecular weight excluding hydrogens is 268 g/mol. The summed E-state index contributed by atoms with van der Waals surface area (Å²) in [6.07, 6.45) is 3.28. The minimum atomic E-state index is -0.178. The highest BCUT2D eigenvalue weighted by molar-refractivity contribution is 5.67. The molecule has 0 unspecified atom stereocenters. The van der Waals surface area contributed by atoms with Crippen LogP contribution in [0.5, 0.6) is 0 Å². The lowest BCUT2D eigenvalue weighted by molar-refractivity contribution is 0.122. The molecule has 0 saturated carbocycles. The van der Waals surface area contributed by atoms with Crippen molar-refractivity contribution >= 4 is 5.82 Å². The minimum Gasteiger partial charge on any atom is -0.378 e. The molecule has 0 spiro atoms. The standard InChI is InChI=1S/C15H14N4O2/c16-9-12-7-13(11-1-2-17-14(20)8-11)10-18-15(12)19-3-5-21-6-4-19/h1-2,7-8,10H,3-6H2,(H,17,20). The molecule has 0 aromatic carbocycles. The number of rotatable bonds is 2. The summed E-state index contributed by atoms with van der Waals surface area (Å²) in [5, 5.41) is 9.36. The maximum absolute atomic E-state index is 11.4. The van der Waals surface area contributed by atoms with Crippen molar-refractivity contribution in [1.29, 1.82) is 5.26 Å². The van der Waals surface area contributed by atoms with Gasteiger partial charge >= 0.3 is 0 Å². The smallest absolute Gasteiger partial charge is 0.248 e. The number of morpholine rings is 1. The zero-order valence-electron chi connectivity index (χ0n) is 11.4. The molecular formula is C15H14N4O2. The summed E-state index contributed by atoms with van der Waals surface area (Å²) < 4.78 is 5.31. The Labute approximate surface area is 121 Å². The quantitative estimate of drug-likeness (QED) is 0.893. The fraction of sp³-hybridized carbons (Fsp3) is 0.267. The van der Waals surface area contributed by atoms with Crippen LogP contribution in [0.3, 0.4) is 0 Å². The van der Waals surface area contributed by atoms with E-state index in [4.69, 9.17) is 4.74 Å². The molecule has 0 atom stereocenters. The Balaban J connectivity index is 1.99. The first-order valence-corrected chi connectivity index (χ1v) is 6.70. The molecule has 0 amide bonds. The molecule has 6 heteroatoms. The molecule has 0 bridgehead atoms. The van der Waals surface area contributed by atoms with E-state index >= 15 is 0 Å². The predicted octanol–water partition coefficient (Wildman–Crippen LogP) is 1.15. The Morgan fingerprint density at radius 3 is 2.81 bits per heavy atom. The number of nitrogens with zero attached hydrogens (tertiary/aromatic N) is 3. The number of pyridine rings is 2. The normalized spacial score (nSPS) is 14.7. The van der Waals surface area contributed by atoms with Gasteiger partial charge in [-0.3, -0.25) is 4.79 Å². The molecule has 2 aromatic rings. The number of aromatic amines is 1. The fourth-order valence-corrected chi connectivity index (χ4v) is 2.35. The van der Waals surface area contributed by atoms with Gasteiger partial charge in [-0.05, 0) is 17.7 Å². The average Bonchev–Trinajstić information content (AvgIpc) is 2.55. The maximum atomic E-state index is 11.4. The van der Waals surface area contributed by atoms with Crippen molar-refractivity contribution in [2.45, 2.75) is 0 Å². The maximum Gasteiger partial charge on any atom is 0.248 e. The highest BCUT2D eigenvalue weighted by atomic mass is 16.5. The van der Waals surface area contributed by atoms with Gasteiger partial charge in [-0.2, -0.15) is 5.26 Å². The third kappa shape index (κ3) is 2.78. The van der Waals surface area contributed by atoms with E-state index in [0.29, 0.717) is 24.6 Å². The molecule has 21 heavy (non-hydrogen) atoms. The number of hydrogen-bond donors (Lipinski definition) is 1. The van der Waals surface area contributed by atoms with Gasteiger partial charge < -0.3 is 14.6 Å². The summed E-state index contributed by atoms with van der Waals surface area (Å²) in [5.41, 5.74) is 1.84. The molecule has 1 fully saturated rings. The second-order valence-electron chi connectivity index (χ2n) is 4.75. The van der Waals surface area contributed by atoms with Crippen LogP contribution in [0.15, 0.2) is 35.4 Å². The van der Waals surface area contributed by atoms with Crippen LogP contribution in [0.1, 0.15) is 5.56 Å². The highest BCUT2D eigenvalue weighted by Gasteiger charge is 2.17. The second-order valence-corrected chi connectivity index (χ2v) is 4.75. The number of aromatic nitrogens is 2. The molecule has 3 rings (SSSR count). The van der Waals surface area contributed by atoms with Crippen molar-refractivity contribution in [2.75, 3.05) is 31.2 Å². The average molecular weight is 282 g/mol. The monoisotopic (exact) mass is 282 g/mol. The first-order chi connectivity index (χ1) is 10.3. The lowest BCUT2D eigenvalue weighted by atomic mass is 10.1. The van der Waals surface area contributed by atoms with E-state index in [-0.39, 0.29) is 5.56 Å². The first kappa shape index (κ1) is 13.3. The molecule has 3 heterocycles. The van der Waals surface area contributed by atoms with Crippen molar-refractivity contribution in [3.63, 3.8) is 0 Å². The van der Waals surface area contributed by atoms with Crippen molar-refractivity contribution in [1.82, 2.24) is 9.97 Å². The molecule has 1 aliphatic rings. The lowest BCUT2D eigenvalue weighted by Gasteiger charge is -2.28. The summed E-state index contributed by atoms with van der Waals surface area (Å²) in [6, 6.07) is 7.24. The summed E-state index contributed by atoms with van der Waals surface area (Å²) in [5.74, 6) is 0.675. The van der Waals surface area contributed by atoms with Crippen molar-refractivity contribution in [3.8, 4) is 17.2 Å². The van der Waals surface area contributed by atoms with Crippen molar-refractivity contribution < 1.29 is 4.74 Å². The van der Waals surface area contributed by atoms with Crippen molar-refractivity contribution in [3.05, 3.63) is 46.5 Å². The molecule has 106 valence electrons. The van der Waals surface area contributed by atoms with Gasteiger partial charge in [0.05, 0.1) is 18.8 Å². The molecule has 6 nitrogen and oxygen atoms in total. The van der Waals surface area contributed by atoms with Crippen molar-refractivity contribution in [2.24, 2.45) is 0 Å². The number of hydrogen-bond acceptors (Lipinski definition) is 5. The number of H-pyrrole nitrogens is 1. The van der Waals surface area contributed by atoms with Gasteiger partial charge in [-0.1, -0.05) is 0 Å². The third-order valence-electron chi connectivity index (χ3n) is 3.41. The van der Waals surface area contributed by atoms with E-state index in [1.165, 1.54) is 6.07 Å². The van der Waals surface area contributed by atoms with Gasteiger partial charge in [-0.15, -0.1) is 0 Å². The van der Waals surface area contributed by atoms with Gasteiger partial charge in [0, 0.05) is 37.1 Å². The first-order valence-electron chi connectivity index (χ1n) is 6.70. The highest BCUT2D eigenvalue weighted by Crippen LogP contribution is 2.24. The number of anilines is 1. The largest absolute Gasteiger partial charge is 0.378 e. The summed E-state index contributed by atoms with van der Waals surface area (Å²) in [7, 11) is 0. The topological polar surface area (TPSA) is 82.0 Å². The number of nitrogens with one attached hydrogen (secondary N) is 1. The summed E-state index contributed by atoms with van der Waals surface area (Å²) in [4.78, 5) is 20.4. The van der Waals surface area contributed by atoms with Crippen LogP contribution in [0.4, 0.5) is 5.82 Å². The van der Waals surface area contributed by atoms with Gasteiger partial charge in [0.2, 0.25) is 5.56 Å². The number of nitriles is 1. The van der Waals surface area contributed by atoms with Crippen LogP contribution in [-0.4, -0.2) is 36.3 Å². The van der Waals surface area contributed by atoms with Gasteiger partial charge in [0.15, 0.2) is 0 Å². The molecule has 1 saturated heterocycles. The van der Waals surface area contributed by atoms with E-state index in [1.54, 1.807) is 24.5 Å². The summed E-state index contributed by atoms with van der Waals surface area (Å²) >= 11 is 0. The van der Waals surface area contributed by atoms with E-state index < -0.39 is 0 Å². The zero-order chi connectivity index (χ0) is 14.7. The zero-order valence-corrected chi connectivity index (χ0v) is 11.4. The Morgan fingerprint density at radius 1 is 1.29 bits per heavy atom. The Bertz CT molecular complexity index is 742. The van der Waals surface area contributed by atoms with E-state index in [0.717, 1.165) is 24.2 Å².